The number of hydrogen-bond acceptors (Lipinski definition) is 1. The van der Waals surface area contributed by atoms with Crippen molar-refractivity contribution in [2.45, 2.75) is 58.4 Å². The lowest BCUT2D eigenvalue weighted by Crippen LogP contribution is -2.44. The molecule has 0 aromatic carbocycles. The van der Waals surface area contributed by atoms with Gasteiger partial charge in [-0.2, -0.15) is 0 Å². The number of urea groups is 1. The summed E-state index contributed by atoms with van der Waals surface area (Å²) in [5, 5.41) is 3.07. The number of amides is 2. The van der Waals surface area contributed by atoms with Gasteiger partial charge in [-0.25, -0.2) is 4.79 Å². The highest BCUT2D eigenvalue weighted by Crippen LogP contribution is 2.09. The first kappa shape index (κ1) is 12.3. The lowest BCUT2D eigenvalue weighted by atomic mass is 10.2. The van der Waals surface area contributed by atoms with E-state index in [0.29, 0.717) is 6.04 Å². The largest absolute Gasteiger partial charge is 0.336 e. The first-order chi connectivity index (χ1) is 7.24. The van der Waals surface area contributed by atoms with Crippen molar-refractivity contribution in [2.24, 2.45) is 0 Å². The lowest BCUT2D eigenvalue weighted by molar-refractivity contribution is 0.196. The zero-order chi connectivity index (χ0) is 11.1. The molecular formula is C12H24N2O. The van der Waals surface area contributed by atoms with Crippen LogP contribution in [0.5, 0.6) is 0 Å². The highest BCUT2D eigenvalue weighted by Gasteiger charge is 2.16. The third-order valence-corrected chi connectivity index (χ3v) is 2.98. The summed E-state index contributed by atoms with van der Waals surface area (Å²) in [5.41, 5.74) is 0. The Morgan fingerprint density at radius 1 is 1.27 bits per heavy atom. The average Bonchev–Trinajstić information content (AvgIpc) is 2.45. The van der Waals surface area contributed by atoms with Crippen molar-refractivity contribution in [3.63, 3.8) is 0 Å². The summed E-state index contributed by atoms with van der Waals surface area (Å²) < 4.78 is 0. The van der Waals surface area contributed by atoms with E-state index in [-0.39, 0.29) is 6.03 Å². The van der Waals surface area contributed by atoms with Gasteiger partial charge in [0.15, 0.2) is 0 Å². The molecule has 1 N–H and O–H groups in total. The number of likely N-dealkylation sites (tertiary alicyclic amines) is 1. The second kappa shape index (κ2) is 6.70. The molecular weight excluding hydrogens is 188 g/mol. The smallest absolute Gasteiger partial charge is 0.317 e. The number of rotatable bonds is 3. The van der Waals surface area contributed by atoms with Crippen molar-refractivity contribution < 1.29 is 4.79 Å². The molecule has 1 unspecified atom stereocenters. The Kier molecular flexibility index (Phi) is 5.51. The van der Waals surface area contributed by atoms with Crippen LogP contribution in [0, 0.1) is 0 Å². The van der Waals surface area contributed by atoms with Crippen molar-refractivity contribution in [1.29, 1.82) is 0 Å². The van der Waals surface area contributed by atoms with E-state index in [1.54, 1.807) is 0 Å². The Hall–Kier alpha value is -0.730. The molecule has 0 aliphatic carbocycles. The van der Waals surface area contributed by atoms with Gasteiger partial charge in [-0.3, -0.25) is 0 Å². The molecule has 1 saturated heterocycles. The van der Waals surface area contributed by atoms with E-state index < -0.39 is 0 Å². The minimum atomic E-state index is 0.137. The fraction of sp³-hybridized carbons (Fsp3) is 0.917. The molecule has 3 heteroatoms. The number of nitrogens with zero attached hydrogens (tertiary/aromatic N) is 1. The van der Waals surface area contributed by atoms with Crippen LogP contribution in [0.15, 0.2) is 0 Å². The standard InChI is InChI=1S/C12H24N2O/c1-3-8-11(2)13-12(15)14-9-6-4-5-7-10-14/h11H,3-10H2,1-2H3,(H,13,15). The van der Waals surface area contributed by atoms with E-state index >= 15 is 0 Å². The summed E-state index contributed by atoms with van der Waals surface area (Å²) in [6.45, 7) is 6.10. The van der Waals surface area contributed by atoms with Crippen molar-refractivity contribution in [1.82, 2.24) is 10.2 Å². The van der Waals surface area contributed by atoms with Gasteiger partial charge in [0, 0.05) is 19.1 Å². The summed E-state index contributed by atoms with van der Waals surface area (Å²) in [4.78, 5) is 13.8. The Bertz CT molecular complexity index is 186. The summed E-state index contributed by atoms with van der Waals surface area (Å²) in [6.07, 6.45) is 7.06. The Morgan fingerprint density at radius 3 is 2.40 bits per heavy atom. The third-order valence-electron chi connectivity index (χ3n) is 2.98. The average molecular weight is 212 g/mol. The fourth-order valence-corrected chi connectivity index (χ4v) is 2.08. The van der Waals surface area contributed by atoms with E-state index in [4.69, 9.17) is 0 Å². The Balaban J connectivity index is 2.30. The molecule has 0 bridgehead atoms. The van der Waals surface area contributed by atoms with E-state index in [1.807, 2.05) is 4.90 Å². The van der Waals surface area contributed by atoms with Gasteiger partial charge in [-0.05, 0) is 26.2 Å². The maximum atomic E-state index is 11.9. The number of carbonyl (C=O) groups excluding carboxylic acids is 1. The monoisotopic (exact) mass is 212 g/mol. The van der Waals surface area contributed by atoms with Crippen LogP contribution < -0.4 is 5.32 Å². The van der Waals surface area contributed by atoms with Crippen LogP contribution in [0.2, 0.25) is 0 Å². The molecule has 88 valence electrons. The molecule has 1 aliphatic rings. The molecule has 0 saturated carbocycles. The lowest BCUT2D eigenvalue weighted by Gasteiger charge is -2.23. The molecule has 2 amide bonds. The third kappa shape index (κ3) is 4.54. The van der Waals surface area contributed by atoms with Crippen LogP contribution >= 0.6 is 0 Å². The first-order valence-corrected chi connectivity index (χ1v) is 6.29. The molecule has 1 heterocycles. The van der Waals surface area contributed by atoms with Crippen molar-refractivity contribution in [3.8, 4) is 0 Å². The van der Waals surface area contributed by atoms with Crippen LogP contribution in [0.3, 0.4) is 0 Å². The van der Waals surface area contributed by atoms with Gasteiger partial charge < -0.3 is 10.2 Å². The predicted octanol–water partition coefficient (Wildman–Crippen LogP) is 2.76. The van der Waals surface area contributed by atoms with Gasteiger partial charge in [-0.1, -0.05) is 26.2 Å². The number of hydrogen-bond donors (Lipinski definition) is 1. The highest BCUT2D eigenvalue weighted by molar-refractivity contribution is 5.74. The number of carbonyl (C=O) groups is 1. The van der Waals surface area contributed by atoms with E-state index in [1.165, 1.54) is 12.8 Å². The minimum Gasteiger partial charge on any atom is -0.336 e. The maximum Gasteiger partial charge on any atom is 0.317 e. The highest BCUT2D eigenvalue weighted by atomic mass is 16.2. The SMILES string of the molecule is CCCC(C)NC(=O)N1CCCCCC1. The molecule has 1 atom stereocenters. The van der Waals surface area contributed by atoms with Crippen LogP contribution in [0.1, 0.15) is 52.4 Å². The van der Waals surface area contributed by atoms with Crippen LogP contribution in [0.25, 0.3) is 0 Å². The van der Waals surface area contributed by atoms with Gasteiger partial charge in [0.05, 0.1) is 0 Å². The minimum absolute atomic E-state index is 0.137. The second-order valence-corrected chi connectivity index (χ2v) is 4.54. The second-order valence-electron chi connectivity index (χ2n) is 4.54. The molecule has 0 spiro atoms. The van der Waals surface area contributed by atoms with Crippen molar-refractivity contribution in [2.75, 3.05) is 13.1 Å². The van der Waals surface area contributed by atoms with Crippen molar-refractivity contribution >= 4 is 6.03 Å². The van der Waals surface area contributed by atoms with E-state index in [9.17, 15) is 4.79 Å². The topological polar surface area (TPSA) is 32.3 Å². The summed E-state index contributed by atoms with van der Waals surface area (Å²) >= 11 is 0. The molecule has 0 aromatic rings. The maximum absolute atomic E-state index is 11.9. The normalized spacial score (nSPS) is 19.5. The molecule has 1 aliphatic heterocycles. The Labute approximate surface area is 93.2 Å². The predicted molar refractivity (Wildman–Crippen MR) is 62.9 cm³/mol. The summed E-state index contributed by atoms with van der Waals surface area (Å²) in [5.74, 6) is 0. The van der Waals surface area contributed by atoms with Gasteiger partial charge in [0.25, 0.3) is 0 Å². The van der Waals surface area contributed by atoms with E-state index in [0.717, 1.165) is 38.8 Å². The Morgan fingerprint density at radius 2 is 1.87 bits per heavy atom. The van der Waals surface area contributed by atoms with Crippen molar-refractivity contribution in [3.05, 3.63) is 0 Å². The molecule has 1 fully saturated rings. The van der Waals surface area contributed by atoms with Crippen LogP contribution in [-0.2, 0) is 0 Å². The number of nitrogens with one attached hydrogen (secondary N) is 1. The van der Waals surface area contributed by atoms with Gasteiger partial charge in [-0.15, -0.1) is 0 Å². The summed E-state index contributed by atoms with van der Waals surface area (Å²) in [6, 6.07) is 0.448. The first-order valence-electron chi connectivity index (χ1n) is 6.29. The molecule has 1 rings (SSSR count). The molecule has 0 radical (unpaired) electrons. The quantitative estimate of drug-likeness (QED) is 0.766. The van der Waals surface area contributed by atoms with Crippen LogP contribution in [-0.4, -0.2) is 30.1 Å². The van der Waals surface area contributed by atoms with E-state index in [2.05, 4.69) is 19.2 Å². The van der Waals surface area contributed by atoms with Crippen LogP contribution in [0.4, 0.5) is 4.79 Å². The summed E-state index contributed by atoms with van der Waals surface area (Å²) in [7, 11) is 0. The molecule has 3 nitrogen and oxygen atoms in total. The van der Waals surface area contributed by atoms with Gasteiger partial charge in [0.1, 0.15) is 0 Å². The molecule has 15 heavy (non-hydrogen) atoms. The zero-order valence-corrected chi connectivity index (χ0v) is 10.1. The fourth-order valence-electron chi connectivity index (χ4n) is 2.08. The molecule has 0 aromatic heterocycles. The van der Waals surface area contributed by atoms with Gasteiger partial charge in [0.2, 0.25) is 0 Å². The van der Waals surface area contributed by atoms with Gasteiger partial charge >= 0.3 is 6.03 Å². The zero-order valence-electron chi connectivity index (χ0n) is 10.1.